The van der Waals surface area contributed by atoms with Crippen LogP contribution in [-0.4, -0.2) is 17.6 Å². The maximum atomic E-state index is 11.7. The molecular weight excluding hydrogens is 266 g/mol. The van der Waals surface area contributed by atoms with Gasteiger partial charge in [-0.2, -0.15) is 0 Å². The van der Waals surface area contributed by atoms with E-state index in [0.29, 0.717) is 24.5 Å². The van der Waals surface area contributed by atoms with Crippen molar-refractivity contribution in [3.8, 4) is 11.5 Å². The van der Waals surface area contributed by atoms with E-state index in [9.17, 15) is 9.90 Å². The summed E-state index contributed by atoms with van der Waals surface area (Å²) in [6.07, 6.45) is 0.187. The van der Waals surface area contributed by atoms with Crippen molar-refractivity contribution >= 4 is 5.91 Å². The molecule has 0 aliphatic carbocycles. The minimum absolute atomic E-state index is 0.0901. The number of phenols is 1. The molecule has 0 spiro atoms. The van der Waals surface area contributed by atoms with Gasteiger partial charge in [-0.25, -0.2) is 0 Å². The van der Waals surface area contributed by atoms with Crippen LogP contribution in [0.2, 0.25) is 0 Å². The molecule has 0 aromatic heterocycles. The summed E-state index contributed by atoms with van der Waals surface area (Å²) < 4.78 is 5.77. The number of hydrogen-bond acceptors (Lipinski definition) is 3. The van der Waals surface area contributed by atoms with Crippen LogP contribution < -0.4 is 10.1 Å². The Morgan fingerprint density at radius 2 is 1.95 bits per heavy atom. The number of amides is 1. The number of carbonyl (C=O) groups is 1. The van der Waals surface area contributed by atoms with Gasteiger partial charge in [-0.15, -0.1) is 0 Å². The van der Waals surface area contributed by atoms with Crippen molar-refractivity contribution in [2.75, 3.05) is 6.54 Å². The van der Waals surface area contributed by atoms with Crippen molar-refractivity contribution in [2.45, 2.75) is 20.0 Å². The number of benzene rings is 2. The van der Waals surface area contributed by atoms with Gasteiger partial charge in [-0.05, 0) is 30.7 Å². The lowest BCUT2D eigenvalue weighted by Gasteiger charge is -2.12. The molecule has 0 fully saturated rings. The molecule has 0 heterocycles. The highest BCUT2D eigenvalue weighted by Crippen LogP contribution is 2.25. The number of ether oxygens (including phenoxy) is 1. The number of rotatable bonds is 6. The highest BCUT2D eigenvalue weighted by Gasteiger charge is 2.10. The standard InChI is InChI=1S/C17H19NO3/c1-2-18-17(20)11-14-10-15(19)8-9-16(14)21-12-13-6-4-3-5-7-13/h3-10,19H,2,11-12H2,1H3,(H,18,20). The van der Waals surface area contributed by atoms with Gasteiger partial charge in [0, 0.05) is 12.1 Å². The highest BCUT2D eigenvalue weighted by atomic mass is 16.5. The summed E-state index contributed by atoms with van der Waals surface area (Å²) in [6, 6.07) is 14.6. The topological polar surface area (TPSA) is 58.6 Å². The van der Waals surface area contributed by atoms with E-state index in [4.69, 9.17) is 4.74 Å². The fourth-order valence-electron chi connectivity index (χ4n) is 2.01. The first-order chi connectivity index (χ1) is 10.2. The Balaban J connectivity index is 2.09. The Morgan fingerprint density at radius 3 is 2.67 bits per heavy atom. The van der Waals surface area contributed by atoms with Gasteiger partial charge in [0.1, 0.15) is 18.1 Å². The van der Waals surface area contributed by atoms with Gasteiger partial charge in [-0.1, -0.05) is 30.3 Å². The maximum absolute atomic E-state index is 11.7. The van der Waals surface area contributed by atoms with E-state index in [2.05, 4.69) is 5.32 Å². The Labute approximate surface area is 124 Å². The fraction of sp³-hybridized carbons (Fsp3) is 0.235. The Kier molecular flexibility index (Phi) is 5.21. The molecule has 2 aromatic carbocycles. The van der Waals surface area contributed by atoms with E-state index in [0.717, 1.165) is 5.56 Å². The quantitative estimate of drug-likeness (QED) is 0.858. The van der Waals surface area contributed by atoms with E-state index >= 15 is 0 Å². The number of phenolic OH excluding ortho intramolecular Hbond substituents is 1. The summed E-state index contributed by atoms with van der Waals surface area (Å²) in [4.78, 5) is 11.7. The molecule has 0 unspecified atom stereocenters. The van der Waals surface area contributed by atoms with Gasteiger partial charge >= 0.3 is 0 Å². The van der Waals surface area contributed by atoms with Crippen LogP contribution in [0, 0.1) is 0 Å². The van der Waals surface area contributed by atoms with Crippen molar-refractivity contribution < 1.29 is 14.6 Å². The molecule has 110 valence electrons. The second-order valence-electron chi connectivity index (χ2n) is 4.70. The molecule has 4 heteroatoms. The molecule has 0 bridgehead atoms. The zero-order valence-corrected chi connectivity index (χ0v) is 12.0. The van der Waals surface area contributed by atoms with E-state index in [1.165, 1.54) is 0 Å². The molecule has 0 saturated carbocycles. The second-order valence-corrected chi connectivity index (χ2v) is 4.70. The maximum Gasteiger partial charge on any atom is 0.224 e. The minimum atomic E-state index is -0.0901. The second kappa shape index (κ2) is 7.33. The highest BCUT2D eigenvalue weighted by molar-refractivity contribution is 5.79. The third-order valence-electron chi connectivity index (χ3n) is 3.01. The molecular formula is C17H19NO3. The average molecular weight is 285 g/mol. The van der Waals surface area contributed by atoms with Crippen LogP contribution in [-0.2, 0) is 17.8 Å². The van der Waals surface area contributed by atoms with Crippen molar-refractivity contribution in [1.82, 2.24) is 5.32 Å². The monoisotopic (exact) mass is 285 g/mol. The molecule has 0 saturated heterocycles. The zero-order valence-electron chi connectivity index (χ0n) is 12.0. The number of carbonyl (C=O) groups excluding carboxylic acids is 1. The van der Waals surface area contributed by atoms with Crippen LogP contribution in [0.1, 0.15) is 18.1 Å². The smallest absolute Gasteiger partial charge is 0.224 e. The number of hydrogen-bond donors (Lipinski definition) is 2. The normalized spacial score (nSPS) is 10.1. The van der Waals surface area contributed by atoms with Crippen LogP contribution in [0.4, 0.5) is 0 Å². The summed E-state index contributed by atoms with van der Waals surface area (Å²) in [7, 11) is 0. The molecule has 2 N–H and O–H groups in total. The molecule has 0 aliphatic rings. The molecule has 1 amide bonds. The van der Waals surface area contributed by atoms with Gasteiger partial charge in [0.15, 0.2) is 0 Å². The van der Waals surface area contributed by atoms with Gasteiger partial charge in [-0.3, -0.25) is 4.79 Å². The zero-order chi connectivity index (χ0) is 15.1. The predicted molar refractivity (Wildman–Crippen MR) is 81.3 cm³/mol. The molecule has 21 heavy (non-hydrogen) atoms. The van der Waals surface area contributed by atoms with Crippen LogP contribution in [0.15, 0.2) is 48.5 Å². The summed E-state index contributed by atoms with van der Waals surface area (Å²) in [5.41, 5.74) is 1.73. The molecule has 4 nitrogen and oxygen atoms in total. The largest absolute Gasteiger partial charge is 0.508 e. The van der Waals surface area contributed by atoms with Gasteiger partial charge in [0.2, 0.25) is 5.91 Å². The molecule has 2 aromatic rings. The Morgan fingerprint density at radius 1 is 1.19 bits per heavy atom. The first kappa shape index (κ1) is 14.9. The van der Waals surface area contributed by atoms with Crippen molar-refractivity contribution in [1.29, 1.82) is 0 Å². The summed E-state index contributed by atoms with van der Waals surface area (Å²) >= 11 is 0. The van der Waals surface area contributed by atoms with Gasteiger partial charge in [0.25, 0.3) is 0 Å². The minimum Gasteiger partial charge on any atom is -0.508 e. The summed E-state index contributed by atoms with van der Waals surface area (Å²) in [6.45, 7) is 2.87. The first-order valence-electron chi connectivity index (χ1n) is 6.94. The van der Waals surface area contributed by atoms with Crippen molar-refractivity contribution in [3.63, 3.8) is 0 Å². The first-order valence-corrected chi connectivity index (χ1v) is 6.94. The number of aromatic hydroxyl groups is 1. The lowest BCUT2D eigenvalue weighted by atomic mass is 10.1. The van der Waals surface area contributed by atoms with Crippen molar-refractivity contribution in [3.05, 3.63) is 59.7 Å². The van der Waals surface area contributed by atoms with E-state index < -0.39 is 0 Å². The number of likely N-dealkylation sites (N-methyl/N-ethyl adjacent to an activating group) is 1. The molecule has 0 aliphatic heterocycles. The summed E-state index contributed by atoms with van der Waals surface area (Å²) in [5, 5.41) is 12.3. The van der Waals surface area contributed by atoms with Gasteiger partial charge < -0.3 is 15.2 Å². The Bertz CT molecular complexity index is 596. The Hall–Kier alpha value is -2.49. The van der Waals surface area contributed by atoms with Crippen molar-refractivity contribution in [2.24, 2.45) is 0 Å². The van der Waals surface area contributed by atoms with Crippen LogP contribution in [0.3, 0.4) is 0 Å². The van der Waals surface area contributed by atoms with E-state index in [-0.39, 0.29) is 18.1 Å². The average Bonchev–Trinajstić information content (AvgIpc) is 2.48. The van der Waals surface area contributed by atoms with Crippen LogP contribution >= 0.6 is 0 Å². The van der Waals surface area contributed by atoms with Crippen LogP contribution in [0.5, 0.6) is 11.5 Å². The SMILES string of the molecule is CCNC(=O)Cc1cc(O)ccc1OCc1ccccc1. The molecule has 2 rings (SSSR count). The van der Waals surface area contributed by atoms with E-state index in [1.54, 1.807) is 18.2 Å². The molecule has 0 atom stereocenters. The lowest BCUT2D eigenvalue weighted by molar-refractivity contribution is -0.120. The molecule has 0 radical (unpaired) electrons. The van der Waals surface area contributed by atoms with E-state index in [1.807, 2.05) is 37.3 Å². The summed E-state index contributed by atoms with van der Waals surface area (Å²) in [5.74, 6) is 0.650. The lowest BCUT2D eigenvalue weighted by Crippen LogP contribution is -2.24. The number of nitrogens with one attached hydrogen (secondary N) is 1. The predicted octanol–water partition coefficient (Wildman–Crippen LogP) is 2.65. The fourth-order valence-corrected chi connectivity index (χ4v) is 2.01. The van der Waals surface area contributed by atoms with Crippen LogP contribution in [0.25, 0.3) is 0 Å². The van der Waals surface area contributed by atoms with Gasteiger partial charge in [0.05, 0.1) is 6.42 Å². The third-order valence-corrected chi connectivity index (χ3v) is 3.01. The third kappa shape index (κ3) is 4.53.